The summed E-state index contributed by atoms with van der Waals surface area (Å²) in [7, 11) is 0. The van der Waals surface area contributed by atoms with Gasteiger partial charge in [-0.25, -0.2) is 0 Å². The lowest BCUT2D eigenvalue weighted by Gasteiger charge is -2.23. The summed E-state index contributed by atoms with van der Waals surface area (Å²) in [6, 6.07) is 2.24. The van der Waals surface area contributed by atoms with Gasteiger partial charge in [0, 0.05) is 17.8 Å². The second-order valence-corrected chi connectivity index (χ2v) is 7.70. The van der Waals surface area contributed by atoms with Crippen LogP contribution in [0.2, 0.25) is 0 Å². The molecule has 1 aromatic heterocycles. The smallest absolute Gasteiger partial charge is 0.325 e. The molecule has 1 amide bonds. The van der Waals surface area contributed by atoms with Crippen molar-refractivity contribution < 1.29 is 14.3 Å². The van der Waals surface area contributed by atoms with Crippen molar-refractivity contribution in [3.05, 3.63) is 16.0 Å². The number of nitrogens with zero attached hydrogens (tertiary/aromatic N) is 1. The van der Waals surface area contributed by atoms with Crippen LogP contribution in [-0.2, 0) is 27.2 Å². The molecule has 0 unspecified atom stereocenters. The molecule has 0 bridgehead atoms. The van der Waals surface area contributed by atoms with Crippen LogP contribution in [-0.4, -0.2) is 30.6 Å². The molecular formula is C18H25N3O3S. The minimum absolute atomic E-state index is 0.165. The summed E-state index contributed by atoms with van der Waals surface area (Å²) >= 11 is 1.52. The van der Waals surface area contributed by atoms with E-state index in [1.165, 1.54) is 16.2 Å². The zero-order valence-corrected chi connectivity index (χ0v) is 15.8. The van der Waals surface area contributed by atoms with Crippen molar-refractivity contribution in [1.29, 1.82) is 5.26 Å². The Kier molecular flexibility index (Phi) is 6.57. The van der Waals surface area contributed by atoms with Gasteiger partial charge in [0.1, 0.15) is 16.6 Å². The third-order valence-corrected chi connectivity index (χ3v) is 5.45. The van der Waals surface area contributed by atoms with Crippen molar-refractivity contribution in [1.82, 2.24) is 5.32 Å². The first-order valence-corrected chi connectivity index (χ1v) is 9.47. The summed E-state index contributed by atoms with van der Waals surface area (Å²) < 4.78 is 5.00. The van der Waals surface area contributed by atoms with Crippen LogP contribution in [0.15, 0.2) is 0 Å². The van der Waals surface area contributed by atoms with E-state index in [1.54, 1.807) is 20.8 Å². The van der Waals surface area contributed by atoms with Crippen molar-refractivity contribution >= 4 is 28.2 Å². The maximum absolute atomic E-state index is 12.2. The van der Waals surface area contributed by atoms with E-state index >= 15 is 0 Å². The van der Waals surface area contributed by atoms with Gasteiger partial charge < -0.3 is 15.4 Å². The van der Waals surface area contributed by atoms with Gasteiger partial charge in [-0.1, -0.05) is 0 Å². The molecule has 6 nitrogen and oxygen atoms in total. The Morgan fingerprint density at radius 2 is 2.04 bits per heavy atom. The fourth-order valence-corrected chi connectivity index (χ4v) is 4.09. The van der Waals surface area contributed by atoms with Crippen LogP contribution in [0.4, 0.5) is 5.00 Å². The maximum Gasteiger partial charge on any atom is 0.325 e. The van der Waals surface area contributed by atoms with Gasteiger partial charge in [-0.05, 0) is 52.0 Å². The highest BCUT2D eigenvalue weighted by Crippen LogP contribution is 2.37. The highest BCUT2D eigenvalue weighted by Gasteiger charge is 2.28. The molecule has 2 N–H and O–H groups in total. The van der Waals surface area contributed by atoms with E-state index in [9.17, 15) is 14.9 Å². The molecule has 1 heterocycles. The first kappa shape index (κ1) is 19.4. The molecule has 0 radical (unpaired) electrons. The first-order valence-electron chi connectivity index (χ1n) is 8.65. The molecule has 136 valence electrons. The lowest BCUT2D eigenvalue weighted by atomic mass is 9.96. The Labute approximate surface area is 152 Å². The molecule has 0 saturated carbocycles. The molecule has 0 saturated heterocycles. The fourth-order valence-electron chi connectivity index (χ4n) is 2.83. The minimum atomic E-state index is -0.837. The molecule has 2 rings (SSSR count). The van der Waals surface area contributed by atoms with Crippen LogP contribution in [0.1, 0.15) is 56.0 Å². The minimum Gasteiger partial charge on any atom is -0.465 e. The van der Waals surface area contributed by atoms with Crippen LogP contribution >= 0.6 is 11.3 Å². The summed E-state index contributed by atoms with van der Waals surface area (Å²) in [4.78, 5) is 25.2. The van der Waals surface area contributed by atoms with E-state index in [2.05, 4.69) is 16.7 Å². The summed E-state index contributed by atoms with van der Waals surface area (Å²) in [5.41, 5.74) is 0.888. The number of esters is 1. The number of hydrogen-bond donors (Lipinski definition) is 2. The van der Waals surface area contributed by atoms with Gasteiger partial charge in [0.15, 0.2) is 0 Å². The Morgan fingerprint density at radius 3 is 2.72 bits per heavy atom. The van der Waals surface area contributed by atoms with Crippen molar-refractivity contribution in [2.24, 2.45) is 0 Å². The summed E-state index contributed by atoms with van der Waals surface area (Å²) in [6.45, 7) is 5.89. The van der Waals surface area contributed by atoms with E-state index < -0.39 is 5.54 Å². The van der Waals surface area contributed by atoms with Gasteiger partial charge in [0.05, 0.1) is 12.2 Å². The predicted molar refractivity (Wildman–Crippen MR) is 97.6 cm³/mol. The number of carbonyl (C=O) groups is 2. The number of nitrogens with one attached hydrogen (secondary N) is 2. The third kappa shape index (κ3) is 4.80. The molecular weight excluding hydrogens is 338 g/mol. The number of rotatable bonds is 7. The van der Waals surface area contributed by atoms with Crippen molar-refractivity contribution in [3.63, 3.8) is 0 Å². The third-order valence-electron chi connectivity index (χ3n) is 4.24. The van der Waals surface area contributed by atoms with Crippen LogP contribution in [0.5, 0.6) is 0 Å². The number of aryl methyl sites for hydroxylation is 1. The van der Waals surface area contributed by atoms with Gasteiger partial charge in [-0.3, -0.25) is 9.59 Å². The van der Waals surface area contributed by atoms with Crippen molar-refractivity contribution in [2.45, 2.75) is 58.4 Å². The lowest BCUT2D eigenvalue weighted by molar-refractivity contribution is -0.149. The highest BCUT2D eigenvalue weighted by atomic mass is 32.1. The molecule has 1 aliphatic carbocycles. The summed E-state index contributed by atoms with van der Waals surface area (Å²) in [6.07, 6.45) is 4.35. The molecule has 1 aromatic rings. The van der Waals surface area contributed by atoms with Crippen LogP contribution in [0.3, 0.4) is 0 Å². The normalized spacial score (nSPS) is 13.7. The average molecular weight is 363 g/mol. The van der Waals surface area contributed by atoms with Crippen LogP contribution in [0, 0.1) is 11.3 Å². The second-order valence-electron chi connectivity index (χ2n) is 6.60. The number of fused-ring (bicyclic) bond motifs is 1. The largest absolute Gasteiger partial charge is 0.465 e. The van der Waals surface area contributed by atoms with E-state index in [0.717, 1.165) is 31.2 Å². The molecule has 0 aliphatic heterocycles. The Morgan fingerprint density at radius 1 is 1.32 bits per heavy atom. The predicted octanol–water partition coefficient (Wildman–Crippen LogP) is 2.76. The van der Waals surface area contributed by atoms with Gasteiger partial charge in [0.2, 0.25) is 5.91 Å². The van der Waals surface area contributed by atoms with Gasteiger partial charge in [0.25, 0.3) is 0 Å². The number of carbonyl (C=O) groups excluding carboxylic acids is 2. The maximum atomic E-state index is 12.2. The first-order chi connectivity index (χ1) is 11.9. The van der Waals surface area contributed by atoms with Gasteiger partial charge in [-0.15, -0.1) is 11.3 Å². The van der Waals surface area contributed by atoms with Crippen molar-refractivity contribution in [3.8, 4) is 6.07 Å². The molecule has 0 atom stereocenters. The topological polar surface area (TPSA) is 91.2 Å². The number of ether oxygens (including phenoxy) is 1. The molecule has 0 fully saturated rings. The average Bonchev–Trinajstić information content (AvgIpc) is 2.91. The number of amides is 1. The zero-order chi connectivity index (χ0) is 18.4. The highest BCUT2D eigenvalue weighted by molar-refractivity contribution is 7.16. The Hall–Kier alpha value is -1.91. The molecule has 0 spiro atoms. The molecule has 25 heavy (non-hydrogen) atoms. The fraction of sp³-hybridized carbons (Fsp3) is 0.611. The Bertz CT molecular complexity index is 688. The lowest BCUT2D eigenvalue weighted by Crippen LogP contribution is -2.48. The van der Waals surface area contributed by atoms with E-state index in [4.69, 9.17) is 4.74 Å². The number of anilines is 1. The number of nitriles is 1. The van der Waals surface area contributed by atoms with E-state index in [-0.39, 0.29) is 18.3 Å². The van der Waals surface area contributed by atoms with E-state index in [0.29, 0.717) is 23.7 Å². The van der Waals surface area contributed by atoms with Gasteiger partial charge in [-0.2, -0.15) is 5.26 Å². The Balaban J connectivity index is 1.90. The summed E-state index contributed by atoms with van der Waals surface area (Å²) in [5.74, 6) is -0.504. The quantitative estimate of drug-likeness (QED) is 0.727. The summed E-state index contributed by atoms with van der Waals surface area (Å²) in [5, 5.41) is 16.0. The number of thiophene rings is 1. The van der Waals surface area contributed by atoms with Crippen LogP contribution < -0.4 is 10.6 Å². The van der Waals surface area contributed by atoms with Crippen LogP contribution in [0.25, 0.3) is 0 Å². The monoisotopic (exact) mass is 363 g/mol. The van der Waals surface area contributed by atoms with Crippen molar-refractivity contribution in [2.75, 3.05) is 18.5 Å². The van der Waals surface area contributed by atoms with Gasteiger partial charge >= 0.3 is 5.97 Å². The standard InChI is InChI=1S/C18H25N3O3S/c1-4-24-17(23)18(2,3)20-10-9-15(22)21-16-13(11-19)12-7-5-6-8-14(12)25-16/h20H,4-10H2,1-3H3,(H,21,22). The molecule has 1 aliphatic rings. The SMILES string of the molecule is CCOC(=O)C(C)(C)NCCC(=O)Nc1sc2c(c1C#N)CCCC2. The second kappa shape index (κ2) is 8.45. The number of hydrogen-bond acceptors (Lipinski definition) is 6. The molecule has 7 heteroatoms. The molecule has 0 aromatic carbocycles. The zero-order valence-electron chi connectivity index (χ0n) is 15.0. The van der Waals surface area contributed by atoms with E-state index in [1.807, 2.05) is 0 Å².